The van der Waals surface area contributed by atoms with Gasteiger partial charge in [-0.15, -0.1) is 0 Å². The maximum atomic E-state index is 14.1. The smallest absolute Gasteiger partial charge is 0.261 e. The second-order valence-corrected chi connectivity index (χ2v) is 7.61. The van der Waals surface area contributed by atoms with Crippen LogP contribution < -0.4 is 20.9 Å². The molecule has 2 aromatic carbocycles. The third kappa shape index (κ3) is 5.32. The summed E-state index contributed by atoms with van der Waals surface area (Å²) in [6.45, 7) is 1.56. The highest BCUT2D eigenvalue weighted by Crippen LogP contribution is 2.34. The molecule has 172 valence electrons. The van der Waals surface area contributed by atoms with Crippen molar-refractivity contribution in [3.8, 4) is 5.75 Å². The fourth-order valence-corrected chi connectivity index (χ4v) is 3.67. The molecule has 3 aromatic rings. The van der Waals surface area contributed by atoms with Crippen molar-refractivity contribution >= 4 is 40.7 Å². The van der Waals surface area contributed by atoms with Gasteiger partial charge in [0.2, 0.25) is 0 Å². The zero-order valence-corrected chi connectivity index (χ0v) is 18.8. The van der Waals surface area contributed by atoms with Crippen LogP contribution in [-0.4, -0.2) is 23.8 Å². The van der Waals surface area contributed by atoms with E-state index in [1.807, 2.05) is 0 Å². The van der Waals surface area contributed by atoms with Crippen molar-refractivity contribution in [1.82, 2.24) is 10.3 Å². The molecule has 7 nitrogen and oxygen atoms in total. The summed E-state index contributed by atoms with van der Waals surface area (Å²) in [5.74, 6) is -2.93. The van der Waals surface area contributed by atoms with Gasteiger partial charge >= 0.3 is 0 Å². The number of ether oxygens (including phenoxy) is 1. The van der Waals surface area contributed by atoms with Gasteiger partial charge in [-0.1, -0.05) is 23.2 Å². The molecule has 0 saturated heterocycles. The molecule has 0 aliphatic carbocycles. The van der Waals surface area contributed by atoms with Gasteiger partial charge in [0.05, 0.1) is 10.6 Å². The Morgan fingerprint density at radius 3 is 2.42 bits per heavy atom. The number of carbonyl (C=O) groups is 2. The third-order valence-electron chi connectivity index (χ3n) is 4.62. The number of hydrogen-bond donors (Lipinski definition) is 3. The highest BCUT2D eigenvalue weighted by atomic mass is 35.5. The molecule has 1 atom stereocenters. The molecule has 0 saturated carbocycles. The number of benzene rings is 2. The van der Waals surface area contributed by atoms with Gasteiger partial charge in [0.1, 0.15) is 29.1 Å². The van der Waals surface area contributed by atoms with E-state index in [0.717, 1.165) is 12.1 Å². The van der Waals surface area contributed by atoms with E-state index in [9.17, 15) is 23.2 Å². The first-order valence-electron chi connectivity index (χ1n) is 9.48. The summed E-state index contributed by atoms with van der Waals surface area (Å²) in [4.78, 5) is 38.7. The molecule has 0 fully saturated rings. The second-order valence-electron chi connectivity index (χ2n) is 6.82. The van der Waals surface area contributed by atoms with Crippen LogP contribution in [0.15, 0.2) is 47.4 Å². The molecule has 0 spiro atoms. The zero-order valence-electron chi connectivity index (χ0n) is 17.3. The van der Waals surface area contributed by atoms with Gasteiger partial charge < -0.3 is 20.4 Å². The Kier molecular flexibility index (Phi) is 7.35. The Balaban J connectivity index is 1.82. The SMILES string of the molecule is CNC(=O)c1ccc(NC(=O)c2cc(O[C@H](C)c3c(Cl)ccc(F)c3Cl)c[nH]c2=O)cc1F. The second kappa shape index (κ2) is 10.0. The van der Waals surface area contributed by atoms with E-state index in [-0.39, 0.29) is 38.2 Å². The summed E-state index contributed by atoms with van der Waals surface area (Å²) in [7, 11) is 1.36. The van der Waals surface area contributed by atoms with Crippen molar-refractivity contribution in [2.45, 2.75) is 13.0 Å². The standard InChI is InChI=1S/C22H17Cl2F2N3O4/c1-10(18-15(23)5-6-16(25)19(18)24)33-12-8-14(21(31)28-9-12)22(32)29-11-3-4-13(17(26)7-11)20(30)27-2/h3-10H,1-2H3,(H,27,30)(H,28,31)(H,29,32)/t10-/m1/s1. The molecule has 0 aliphatic heterocycles. The molecule has 3 N–H and O–H groups in total. The van der Waals surface area contributed by atoms with Crippen molar-refractivity contribution < 1.29 is 23.1 Å². The summed E-state index contributed by atoms with van der Waals surface area (Å²) in [6, 6.07) is 7.08. The van der Waals surface area contributed by atoms with Gasteiger partial charge in [-0.05, 0) is 37.3 Å². The molecule has 1 aromatic heterocycles. The number of amides is 2. The number of halogens is 4. The first kappa shape index (κ1) is 24.2. The summed E-state index contributed by atoms with van der Waals surface area (Å²) >= 11 is 12.1. The zero-order chi connectivity index (χ0) is 24.3. The lowest BCUT2D eigenvalue weighted by Gasteiger charge is -2.18. The first-order chi connectivity index (χ1) is 15.6. The predicted octanol–water partition coefficient (Wildman–Crippen LogP) is 4.71. The molecule has 2 amide bonds. The van der Waals surface area contributed by atoms with Gasteiger partial charge in [-0.2, -0.15) is 0 Å². The normalized spacial score (nSPS) is 11.6. The van der Waals surface area contributed by atoms with Crippen molar-refractivity contribution in [3.63, 3.8) is 0 Å². The highest BCUT2D eigenvalue weighted by molar-refractivity contribution is 6.36. The minimum Gasteiger partial charge on any atom is -0.484 e. The minimum absolute atomic E-state index is 0.0302. The Morgan fingerprint density at radius 2 is 1.76 bits per heavy atom. The van der Waals surface area contributed by atoms with Crippen LogP contribution in [-0.2, 0) is 0 Å². The van der Waals surface area contributed by atoms with E-state index in [2.05, 4.69) is 15.6 Å². The summed E-state index contributed by atoms with van der Waals surface area (Å²) in [6.07, 6.45) is 0.392. The van der Waals surface area contributed by atoms with Crippen LogP contribution >= 0.6 is 23.2 Å². The van der Waals surface area contributed by atoms with Crippen LogP contribution in [0.1, 0.15) is 39.3 Å². The quantitative estimate of drug-likeness (QED) is 0.431. The maximum Gasteiger partial charge on any atom is 0.261 e. The predicted molar refractivity (Wildman–Crippen MR) is 120 cm³/mol. The molecule has 3 rings (SSSR count). The van der Waals surface area contributed by atoms with E-state index in [4.69, 9.17) is 27.9 Å². The minimum atomic E-state index is -0.851. The number of pyridine rings is 1. The van der Waals surface area contributed by atoms with E-state index < -0.39 is 35.1 Å². The molecule has 0 unspecified atom stereocenters. The van der Waals surface area contributed by atoms with Gasteiger partial charge in [-0.25, -0.2) is 8.78 Å². The number of H-pyrrole nitrogens is 1. The summed E-state index contributed by atoms with van der Waals surface area (Å²) in [5, 5.41) is 4.65. The Labute approximate surface area is 196 Å². The van der Waals surface area contributed by atoms with E-state index in [1.54, 1.807) is 6.92 Å². The molecule has 0 aliphatic rings. The number of anilines is 1. The molecule has 0 radical (unpaired) electrons. The van der Waals surface area contributed by atoms with Gasteiger partial charge in [-0.3, -0.25) is 14.4 Å². The fraction of sp³-hybridized carbons (Fsp3) is 0.136. The molecule has 1 heterocycles. The molecular formula is C22H17Cl2F2N3O4. The van der Waals surface area contributed by atoms with E-state index in [1.165, 1.54) is 37.5 Å². The average Bonchev–Trinajstić information content (AvgIpc) is 2.77. The van der Waals surface area contributed by atoms with Crippen LogP contribution in [0.5, 0.6) is 5.75 Å². The van der Waals surface area contributed by atoms with Gasteiger partial charge in [0.15, 0.2) is 0 Å². The largest absolute Gasteiger partial charge is 0.484 e. The first-order valence-corrected chi connectivity index (χ1v) is 10.2. The number of rotatable bonds is 6. The average molecular weight is 496 g/mol. The maximum absolute atomic E-state index is 14.1. The summed E-state index contributed by atoms with van der Waals surface area (Å²) in [5.41, 5.74) is -1.03. The lowest BCUT2D eigenvalue weighted by molar-refractivity contribution is 0.0958. The summed E-state index contributed by atoms with van der Waals surface area (Å²) < 4.78 is 33.6. The Hall–Kier alpha value is -3.43. The topological polar surface area (TPSA) is 100 Å². The number of aromatic amines is 1. The van der Waals surface area contributed by atoms with E-state index in [0.29, 0.717) is 0 Å². The van der Waals surface area contributed by atoms with Crippen LogP contribution in [0.25, 0.3) is 0 Å². The van der Waals surface area contributed by atoms with Crippen LogP contribution in [0.4, 0.5) is 14.5 Å². The van der Waals surface area contributed by atoms with E-state index >= 15 is 0 Å². The van der Waals surface area contributed by atoms with Crippen LogP contribution in [0, 0.1) is 11.6 Å². The van der Waals surface area contributed by atoms with Crippen molar-refractivity contribution in [3.05, 3.63) is 91.3 Å². The Bertz CT molecular complexity index is 1300. The van der Waals surface area contributed by atoms with Gasteiger partial charge in [0.25, 0.3) is 17.4 Å². The molecular weight excluding hydrogens is 479 g/mol. The number of carbonyl (C=O) groups excluding carboxylic acids is 2. The van der Waals surface area contributed by atoms with Crippen LogP contribution in [0.2, 0.25) is 10.0 Å². The van der Waals surface area contributed by atoms with Crippen molar-refractivity contribution in [2.75, 3.05) is 12.4 Å². The number of aromatic nitrogens is 1. The highest BCUT2D eigenvalue weighted by Gasteiger charge is 2.20. The lowest BCUT2D eigenvalue weighted by Crippen LogP contribution is -2.23. The molecule has 11 heteroatoms. The van der Waals surface area contributed by atoms with Gasteiger partial charge in [0, 0.05) is 35.6 Å². The van der Waals surface area contributed by atoms with Crippen molar-refractivity contribution in [2.24, 2.45) is 0 Å². The number of hydrogen-bond acceptors (Lipinski definition) is 4. The number of nitrogens with one attached hydrogen (secondary N) is 3. The molecule has 33 heavy (non-hydrogen) atoms. The monoisotopic (exact) mass is 495 g/mol. The fourth-order valence-electron chi connectivity index (χ4n) is 2.99. The third-order valence-corrected chi connectivity index (χ3v) is 5.33. The Morgan fingerprint density at radius 1 is 1.03 bits per heavy atom. The molecule has 0 bridgehead atoms. The van der Waals surface area contributed by atoms with Crippen molar-refractivity contribution in [1.29, 1.82) is 0 Å². The lowest BCUT2D eigenvalue weighted by atomic mass is 10.1. The van der Waals surface area contributed by atoms with Crippen LogP contribution in [0.3, 0.4) is 0 Å².